The maximum absolute atomic E-state index is 12.8. The van der Waals surface area contributed by atoms with Gasteiger partial charge in [-0.1, -0.05) is 54.6 Å². The molecule has 0 N–H and O–H groups in total. The Morgan fingerprint density at radius 2 is 1.65 bits per heavy atom. The van der Waals surface area contributed by atoms with E-state index in [-0.39, 0.29) is 5.56 Å². The van der Waals surface area contributed by atoms with Crippen molar-refractivity contribution in [1.29, 1.82) is 5.26 Å². The standard InChI is InChI=1S/C23H16N2O/c24-15-20-8-4-5-9-21(20)18-10-11-22-19(14-18)12-13-25(23(22)26)16-17-6-2-1-3-7-17/h1-14H,16H2. The lowest BCUT2D eigenvalue weighted by molar-refractivity contribution is 0.768. The van der Waals surface area contributed by atoms with Crippen molar-refractivity contribution in [3.8, 4) is 17.2 Å². The van der Waals surface area contributed by atoms with Gasteiger partial charge in [0.25, 0.3) is 5.56 Å². The third kappa shape index (κ3) is 2.89. The molecule has 1 heterocycles. The fourth-order valence-corrected chi connectivity index (χ4v) is 3.19. The third-order valence-corrected chi connectivity index (χ3v) is 4.53. The normalized spacial score (nSPS) is 10.6. The van der Waals surface area contributed by atoms with E-state index in [0.717, 1.165) is 22.1 Å². The average molecular weight is 336 g/mol. The summed E-state index contributed by atoms with van der Waals surface area (Å²) < 4.78 is 1.72. The van der Waals surface area contributed by atoms with Gasteiger partial charge in [-0.05, 0) is 46.3 Å². The summed E-state index contributed by atoms with van der Waals surface area (Å²) in [6.07, 6.45) is 1.83. The maximum atomic E-state index is 12.8. The number of rotatable bonds is 3. The Kier molecular flexibility index (Phi) is 4.09. The summed E-state index contributed by atoms with van der Waals surface area (Å²) in [5.74, 6) is 0. The van der Waals surface area contributed by atoms with Crippen LogP contribution in [0, 0.1) is 11.3 Å². The molecule has 26 heavy (non-hydrogen) atoms. The number of nitrogens with zero attached hydrogens (tertiary/aromatic N) is 2. The molecule has 3 heteroatoms. The zero-order valence-electron chi connectivity index (χ0n) is 14.1. The first-order valence-corrected chi connectivity index (χ1v) is 8.43. The predicted octanol–water partition coefficient (Wildman–Crippen LogP) is 4.59. The third-order valence-electron chi connectivity index (χ3n) is 4.53. The zero-order valence-corrected chi connectivity index (χ0v) is 14.1. The van der Waals surface area contributed by atoms with E-state index in [1.165, 1.54) is 0 Å². The quantitative estimate of drug-likeness (QED) is 0.549. The van der Waals surface area contributed by atoms with Crippen LogP contribution in [0.1, 0.15) is 11.1 Å². The topological polar surface area (TPSA) is 45.8 Å². The highest BCUT2D eigenvalue weighted by Crippen LogP contribution is 2.26. The lowest BCUT2D eigenvalue weighted by Crippen LogP contribution is -2.19. The molecular formula is C23H16N2O. The van der Waals surface area contributed by atoms with Crippen LogP contribution in [-0.4, -0.2) is 4.57 Å². The van der Waals surface area contributed by atoms with Gasteiger partial charge in [-0.25, -0.2) is 0 Å². The van der Waals surface area contributed by atoms with Crippen LogP contribution >= 0.6 is 0 Å². The first kappa shape index (κ1) is 15.9. The molecule has 0 saturated carbocycles. The molecule has 4 aromatic rings. The highest BCUT2D eigenvalue weighted by molar-refractivity contribution is 5.87. The number of aromatic nitrogens is 1. The maximum Gasteiger partial charge on any atom is 0.258 e. The summed E-state index contributed by atoms with van der Waals surface area (Å²) >= 11 is 0. The van der Waals surface area contributed by atoms with E-state index < -0.39 is 0 Å². The Morgan fingerprint density at radius 1 is 0.885 bits per heavy atom. The Balaban J connectivity index is 1.78. The van der Waals surface area contributed by atoms with Crippen molar-refractivity contribution in [2.45, 2.75) is 6.54 Å². The van der Waals surface area contributed by atoms with Crippen molar-refractivity contribution in [2.75, 3.05) is 0 Å². The van der Waals surface area contributed by atoms with Gasteiger partial charge in [0.15, 0.2) is 0 Å². The minimum Gasteiger partial charge on any atom is -0.311 e. The SMILES string of the molecule is N#Cc1ccccc1-c1ccc2c(=O)n(Cc3ccccc3)ccc2c1. The van der Waals surface area contributed by atoms with Gasteiger partial charge in [0, 0.05) is 11.6 Å². The van der Waals surface area contributed by atoms with E-state index in [1.807, 2.05) is 79.0 Å². The molecule has 0 aliphatic carbocycles. The summed E-state index contributed by atoms with van der Waals surface area (Å²) in [5, 5.41) is 10.9. The lowest BCUT2D eigenvalue weighted by Gasteiger charge is -2.09. The van der Waals surface area contributed by atoms with Gasteiger partial charge in [0.2, 0.25) is 0 Å². The van der Waals surface area contributed by atoms with Crippen molar-refractivity contribution in [2.24, 2.45) is 0 Å². The second-order valence-corrected chi connectivity index (χ2v) is 6.19. The highest BCUT2D eigenvalue weighted by atomic mass is 16.1. The Hall–Kier alpha value is -3.64. The molecular weight excluding hydrogens is 320 g/mol. The predicted molar refractivity (Wildman–Crippen MR) is 104 cm³/mol. The summed E-state index contributed by atoms with van der Waals surface area (Å²) in [6.45, 7) is 0.550. The molecule has 0 aliphatic heterocycles. The van der Waals surface area contributed by atoms with E-state index >= 15 is 0 Å². The van der Waals surface area contributed by atoms with Crippen LogP contribution in [0.3, 0.4) is 0 Å². The Morgan fingerprint density at radius 3 is 2.46 bits per heavy atom. The van der Waals surface area contributed by atoms with Gasteiger partial charge in [-0.15, -0.1) is 0 Å². The number of benzene rings is 3. The van der Waals surface area contributed by atoms with Crippen molar-refractivity contribution < 1.29 is 0 Å². The van der Waals surface area contributed by atoms with E-state index in [2.05, 4.69) is 6.07 Å². The van der Waals surface area contributed by atoms with Crippen molar-refractivity contribution in [1.82, 2.24) is 4.57 Å². The number of nitriles is 1. The van der Waals surface area contributed by atoms with Crippen LogP contribution in [0.25, 0.3) is 21.9 Å². The van der Waals surface area contributed by atoms with Crippen LogP contribution < -0.4 is 5.56 Å². The second kappa shape index (κ2) is 6.70. The van der Waals surface area contributed by atoms with E-state index in [9.17, 15) is 10.1 Å². The molecule has 4 rings (SSSR count). The van der Waals surface area contributed by atoms with Crippen LogP contribution in [0.15, 0.2) is 89.9 Å². The fourth-order valence-electron chi connectivity index (χ4n) is 3.19. The summed E-state index contributed by atoms with van der Waals surface area (Å²) in [5.41, 5.74) is 3.53. The van der Waals surface area contributed by atoms with E-state index in [0.29, 0.717) is 17.5 Å². The number of pyridine rings is 1. The molecule has 0 unspecified atom stereocenters. The summed E-state index contributed by atoms with van der Waals surface area (Å²) in [7, 11) is 0. The number of hydrogen-bond donors (Lipinski definition) is 0. The molecule has 0 atom stereocenters. The summed E-state index contributed by atoms with van der Waals surface area (Å²) in [4.78, 5) is 12.8. The molecule has 0 radical (unpaired) electrons. The molecule has 3 aromatic carbocycles. The molecule has 0 saturated heterocycles. The van der Waals surface area contributed by atoms with Gasteiger partial charge in [0.1, 0.15) is 0 Å². The van der Waals surface area contributed by atoms with Crippen LogP contribution in [0.4, 0.5) is 0 Å². The lowest BCUT2D eigenvalue weighted by atomic mass is 9.98. The Labute approximate surface area is 151 Å². The summed E-state index contributed by atoms with van der Waals surface area (Å²) in [6, 6.07) is 27.3. The minimum absolute atomic E-state index is 0.00790. The first-order valence-electron chi connectivity index (χ1n) is 8.43. The van der Waals surface area contributed by atoms with Gasteiger partial charge >= 0.3 is 0 Å². The van der Waals surface area contributed by atoms with Gasteiger partial charge < -0.3 is 4.57 Å². The van der Waals surface area contributed by atoms with Crippen LogP contribution in [0.2, 0.25) is 0 Å². The molecule has 0 bridgehead atoms. The van der Waals surface area contributed by atoms with Crippen molar-refractivity contribution in [3.05, 3.63) is 107 Å². The number of hydrogen-bond acceptors (Lipinski definition) is 2. The second-order valence-electron chi connectivity index (χ2n) is 6.19. The van der Waals surface area contributed by atoms with E-state index in [4.69, 9.17) is 0 Å². The largest absolute Gasteiger partial charge is 0.311 e. The van der Waals surface area contributed by atoms with Gasteiger partial charge in [0.05, 0.1) is 18.2 Å². The van der Waals surface area contributed by atoms with E-state index in [1.54, 1.807) is 10.6 Å². The van der Waals surface area contributed by atoms with Gasteiger partial charge in [-0.2, -0.15) is 5.26 Å². The van der Waals surface area contributed by atoms with Crippen LogP contribution in [0.5, 0.6) is 0 Å². The first-order chi connectivity index (χ1) is 12.8. The van der Waals surface area contributed by atoms with Crippen molar-refractivity contribution >= 4 is 10.8 Å². The zero-order chi connectivity index (χ0) is 17.9. The molecule has 3 nitrogen and oxygen atoms in total. The molecule has 0 amide bonds. The van der Waals surface area contributed by atoms with Crippen LogP contribution in [-0.2, 0) is 6.54 Å². The highest BCUT2D eigenvalue weighted by Gasteiger charge is 2.08. The minimum atomic E-state index is -0.00790. The molecule has 0 spiro atoms. The monoisotopic (exact) mass is 336 g/mol. The fraction of sp³-hybridized carbons (Fsp3) is 0.0435. The molecule has 1 aromatic heterocycles. The molecule has 0 aliphatic rings. The average Bonchev–Trinajstić information content (AvgIpc) is 2.70. The number of fused-ring (bicyclic) bond motifs is 1. The smallest absolute Gasteiger partial charge is 0.258 e. The molecule has 124 valence electrons. The Bertz CT molecular complexity index is 1180. The molecule has 0 fully saturated rings. The van der Waals surface area contributed by atoms with Gasteiger partial charge in [-0.3, -0.25) is 4.79 Å². The van der Waals surface area contributed by atoms with Crippen molar-refractivity contribution in [3.63, 3.8) is 0 Å².